The molecular formula is C13H9F2NO3. The fraction of sp³-hybridized carbons (Fsp3) is 0.0769. The van der Waals surface area contributed by atoms with E-state index in [0.29, 0.717) is 5.56 Å². The van der Waals surface area contributed by atoms with Gasteiger partial charge in [0.05, 0.1) is 0 Å². The van der Waals surface area contributed by atoms with Crippen molar-refractivity contribution in [1.82, 2.24) is 4.57 Å². The van der Waals surface area contributed by atoms with E-state index >= 15 is 0 Å². The van der Waals surface area contributed by atoms with Crippen LogP contribution in [0.3, 0.4) is 0 Å². The van der Waals surface area contributed by atoms with Crippen LogP contribution in [0.15, 0.2) is 41.5 Å². The molecular weight excluding hydrogens is 256 g/mol. The van der Waals surface area contributed by atoms with Crippen molar-refractivity contribution in [1.29, 1.82) is 0 Å². The van der Waals surface area contributed by atoms with Gasteiger partial charge in [-0.3, -0.25) is 4.79 Å². The Kier molecular flexibility index (Phi) is 3.41. The smallest absolute Gasteiger partial charge is 0.341 e. The zero-order chi connectivity index (χ0) is 14.0. The molecule has 0 unspecified atom stereocenters. The molecule has 2 aromatic rings. The molecule has 0 radical (unpaired) electrons. The third kappa shape index (κ3) is 2.85. The van der Waals surface area contributed by atoms with Crippen LogP contribution < -0.4 is 5.43 Å². The van der Waals surface area contributed by atoms with Crippen LogP contribution in [-0.2, 0) is 6.54 Å². The molecule has 0 aliphatic rings. The zero-order valence-corrected chi connectivity index (χ0v) is 9.64. The van der Waals surface area contributed by atoms with Crippen molar-refractivity contribution in [2.75, 3.05) is 0 Å². The molecule has 0 saturated carbocycles. The number of hydrogen-bond donors (Lipinski definition) is 1. The second-order valence-electron chi connectivity index (χ2n) is 3.95. The van der Waals surface area contributed by atoms with Gasteiger partial charge in [0.15, 0.2) is 17.1 Å². The van der Waals surface area contributed by atoms with Gasteiger partial charge in [0.25, 0.3) is 0 Å². The SMILES string of the molecule is O=C(O)c1cn(Cc2ccc(F)c(F)c2)ccc1=O. The molecule has 6 heteroatoms. The Morgan fingerprint density at radius 3 is 2.58 bits per heavy atom. The van der Waals surface area contributed by atoms with E-state index < -0.39 is 23.0 Å². The van der Waals surface area contributed by atoms with Gasteiger partial charge < -0.3 is 9.67 Å². The lowest BCUT2D eigenvalue weighted by Gasteiger charge is -2.07. The monoisotopic (exact) mass is 265 g/mol. The van der Waals surface area contributed by atoms with E-state index in [0.717, 1.165) is 24.4 Å². The largest absolute Gasteiger partial charge is 0.477 e. The van der Waals surface area contributed by atoms with E-state index in [-0.39, 0.29) is 12.1 Å². The number of nitrogens with zero attached hydrogens (tertiary/aromatic N) is 1. The molecule has 19 heavy (non-hydrogen) atoms. The second-order valence-corrected chi connectivity index (χ2v) is 3.95. The maximum atomic E-state index is 13.0. The minimum atomic E-state index is -1.33. The van der Waals surface area contributed by atoms with Crippen LogP contribution >= 0.6 is 0 Å². The van der Waals surface area contributed by atoms with Gasteiger partial charge in [-0.2, -0.15) is 0 Å². The molecule has 4 nitrogen and oxygen atoms in total. The van der Waals surface area contributed by atoms with Crippen molar-refractivity contribution < 1.29 is 18.7 Å². The molecule has 98 valence electrons. The number of benzene rings is 1. The topological polar surface area (TPSA) is 59.3 Å². The van der Waals surface area contributed by atoms with E-state index in [2.05, 4.69) is 0 Å². The molecule has 2 rings (SSSR count). The molecule has 1 N–H and O–H groups in total. The highest BCUT2D eigenvalue weighted by atomic mass is 19.2. The predicted molar refractivity (Wildman–Crippen MR) is 63.1 cm³/mol. The van der Waals surface area contributed by atoms with Crippen molar-refractivity contribution in [3.05, 3.63) is 69.6 Å². The van der Waals surface area contributed by atoms with Crippen molar-refractivity contribution in [2.45, 2.75) is 6.54 Å². The molecule has 0 spiro atoms. The molecule has 1 heterocycles. The van der Waals surface area contributed by atoms with Crippen molar-refractivity contribution in [3.8, 4) is 0 Å². The number of rotatable bonds is 3. The van der Waals surface area contributed by atoms with Crippen LogP contribution in [-0.4, -0.2) is 15.6 Å². The number of aromatic carboxylic acids is 1. The minimum absolute atomic E-state index is 0.137. The van der Waals surface area contributed by atoms with E-state index in [4.69, 9.17) is 5.11 Å². The summed E-state index contributed by atoms with van der Waals surface area (Å²) in [5, 5.41) is 8.81. The van der Waals surface area contributed by atoms with Gasteiger partial charge >= 0.3 is 5.97 Å². The average molecular weight is 265 g/mol. The van der Waals surface area contributed by atoms with Crippen molar-refractivity contribution >= 4 is 5.97 Å². The highest BCUT2D eigenvalue weighted by Gasteiger charge is 2.09. The first-order chi connectivity index (χ1) is 8.97. The van der Waals surface area contributed by atoms with Gasteiger partial charge in [0, 0.05) is 25.0 Å². The molecule has 0 bridgehead atoms. The van der Waals surface area contributed by atoms with E-state index in [9.17, 15) is 18.4 Å². The normalized spacial score (nSPS) is 10.4. The van der Waals surface area contributed by atoms with E-state index in [1.807, 2.05) is 0 Å². The summed E-state index contributed by atoms with van der Waals surface area (Å²) >= 11 is 0. The van der Waals surface area contributed by atoms with E-state index in [1.54, 1.807) is 0 Å². The van der Waals surface area contributed by atoms with Crippen LogP contribution in [0.5, 0.6) is 0 Å². The summed E-state index contributed by atoms with van der Waals surface area (Å²) in [5.41, 5.74) is -0.516. The molecule has 0 atom stereocenters. The molecule has 0 amide bonds. The molecule has 0 saturated heterocycles. The minimum Gasteiger partial charge on any atom is -0.477 e. The number of halogens is 2. The highest BCUT2D eigenvalue weighted by Crippen LogP contribution is 2.10. The number of hydrogen-bond acceptors (Lipinski definition) is 2. The first-order valence-electron chi connectivity index (χ1n) is 5.34. The Labute approximate surface area is 106 Å². The maximum absolute atomic E-state index is 13.0. The summed E-state index contributed by atoms with van der Waals surface area (Å²) in [5.74, 6) is -3.25. The third-order valence-electron chi connectivity index (χ3n) is 2.56. The summed E-state index contributed by atoms with van der Waals surface area (Å²) in [7, 11) is 0. The van der Waals surface area contributed by atoms with Crippen molar-refractivity contribution in [2.24, 2.45) is 0 Å². The standard InChI is InChI=1S/C13H9F2NO3/c14-10-2-1-8(5-11(10)15)6-16-4-3-12(17)9(7-16)13(18)19/h1-5,7H,6H2,(H,18,19). The summed E-state index contributed by atoms with van der Waals surface area (Å²) in [6.07, 6.45) is 2.54. The molecule has 1 aromatic heterocycles. The van der Waals surface area contributed by atoms with Crippen LogP contribution in [0.2, 0.25) is 0 Å². The number of carboxylic acid groups (broad SMARTS) is 1. The summed E-state index contributed by atoms with van der Waals surface area (Å²) in [4.78, 5) is 22.1. The Bertz CT molecular complexity index is 695. The van der Waals surface area contributed by atoms with Gasteiger partial charge in [-0.15, -0.1) is 0 Å². The quantitative estimate of drug-likeness (QED) is 0.921. The highest BCUT2D eigenvalue weighted by molar-refractivity contribution is 5.86. The molecule has 1 aromatic carbocycles. The summed E-state index contributed by atoms with van der Waals surface area (Å²) < 4.78 is 27.2. The molecule has 0 aliphatic heterocycles. The van der Waals surface area contributed by atoms with Gasteiger partial charge in [-0.25, -0.2) is 13.6 Å². The fourth-order valence-corrected chi connectivity index (χ4v) is 1.63. The average Bonchev–Trinajstić information content (AvgIpc) is 2.36. The maximum Gasteiger partial charge on any atom is 0.341 e. The zero-order valence-electron chi connectivity index (χ0n) is 9.64. The number of aromatic nitrogens is 1. The van der Waals surface area contributed by atoms with Crippen LogP contribution in [0, 0.1) is 11.6 Å². The lowest BCUT2D eigenvalue weighted by Crippen LogP contribution is -2.16. The molecule has 0 aliphatic carbocycles. The first kappa shape index (κ1) is 12.9. The summed E-state index contributed by atoms with van der Waals surface area (Å²) in [6, 6.07) is 4.51. The van der Waals surface area contributed by atoms with Crippen LogP contribution in [0.4, 0.5) is 8.78 Å². The van der Waals surface area contributed by atoms with Gasteiger partial charge in [-0.1, -0.05) is 6.07 Å². The predicted octanol–water partition coefficient (Wildman–Crippen LogP) is 1.87. The van der Waals surface area contributed by atoms with E-state index in [1.165, 1.54) is 16.8 Å². The number of pyridine rings is 1. The van der Waals surface area contributed by atoms with Crippen LogP contribution in [0.25, 0.3) is 0 Å². The number of carbonyl (C=O) groups is 1. The summed E-state index contributed by atoms with van der Waals surface area (Å²) in [6.45, 7) is 0.137. The molecule has 0 fully saturated rings. The Morgan fingerprint density at radius 2 is 1.95 bits per heavy atom. The fourth-order valence-electron chi connectivity index (χ4n) is 1.63. The Balaban J connectivity index is 2.33. The van der Waals surface area contributed by atoms with Gasteiger partial charge in [0.2, 0.25) is 0 Å². The number of carboxylic acids is 1. The van der Waals surface area contributed by atoms with Gasteiger partial charge in [0.1, 0.15) is 5.56 Å². The third-order valence-corrected chi connectivity index (χ3v) is 2.56. The lowest BCUT2D eigenvalue weighted by atomic mass is 10.2. The first-order valence-corrected chi connectivity index (χ1v) is 5.34. The van der Waals surface area contributed by atoms with Crippen molar-refractivity contribution in [3.63, 3.8) is 0 Å². The van der Waals surface area contributed by atoms with Crippen LogP contribution in [0.1, 0.15) is 15.9 Å². The Morgan fingerprint density at radius 1 is 1.21 bits per heavy atom. The van der Waals surface area contributed by atoms with Gasteiger partial charge in [-0.05, 0) is 17.7 Å². The second kappa shape index (κ2) is 5.01. The lowest BCUT2D eigenvalue weighted by molar-refractivity contribution is 0.0694. The Hall–Kier alpha value is -2.50.